The highest BCUT2D eigenvalue weighted by Gasteiger charge is 2.20. The van der Waals surface area contributed by atoms with Crippen molar-refractivity contribution >= 4 is 32.3 Å². The highest BCUT2D eigenvalue weighted by atomic mass is 14.2. The molecule has 0 fully saturated rings. The summed E-state index contributed by atoms with van der Waals surface area (Å²) >= 11 is 0. The predicted octanol–water partition coefficient (Wildman–Crippen LogP) is 10.9. The van der Waals surface area contributed by atoms with Gasteiger partial charge < -0.3 is 0 Å². The molecule has 0 aromatic heterocycles. The summed E-state index contributed by atoms with van der Waals surface area (Å²) in [6, 6.07) is 22.4. The van der Waals surface area contributed by atoms with E-state index in [1.165, 1.54) is 43.4 Å². The van der Waals surface area contributed by atoms with Gasteiger partial charge in [-0.3, -0.25) is 0 Å². The molecule has 0 bridgehead atoms. The molecule has 0 unspecified atom stereocenters. The van der Waals surface area contributed by atoms with E-state index in [1.54, 1.807) is 0 Å². The van der Waals surface area contributed by atoms with Gasteiger partial charge in [0.2, 0.25) is 0 Å². The second-order valence-corrected chi connectivity index (χ2v) is 7.55. The van der Waals surface area contributed by atoms with Gasteiger partial charge in [0.05, 0.1) is 0 Å². The maximum absolute atomic E-state index is 2.32. The van der Waals surface area contributed by atoms with Crippen LogP contribution in [0, 0.1) is 6.92 Å². The van der Waals surface area contributed by atoms with Crippen molar-refractivity contribution in [1.29, 1.82) is 0 Å². The number of hydrogen-bond donors (Lipinski definition) is 0. The Balaban J connectivity index is 0.00000102. The molecular formula is C31H46. The molecule has 31 heavy (non-hydrogen) atoms. The minimum Gasteiger partial charge on any atom is -0.0683 e. The lowest BCUT2D eigenvalue weighted by molar-refractivity contribution is 0.592. The van der Waals surface area contributed by atoms with E-state index in [2.05, 4.69) is 88.4 Å². The fraction of sp³-hybridized carbons (Fsp3) is 0.419. The lowest BCUT2D eigenvalue weighted by atomic mass is 9.80. The van der Waals surface area contributed by atoms with Crippen LogP contribution in [-0.2, 0) is 5.41 Å². The fourth-order valence-electron chi connectivity index (χ4n) is 4.01. The van der Waals surface area contributed by atoms with Gasteiger partial charge in [0.15, 0.2) is 0 Å². The molecule has 4 rings (SSSR count). The lowest BCUT2D eigenvalue weighted by Gasteiger charge is -2.24. The molecule has 0 aliphatic heterocycles. The van der Waals surface area contributed by atoms with Crippen molar-refractivity contribution in [3.8, 4) is 0 Å². The largest absolute Gasteiger partial charge is 0.0683 e. The van der Waals surface area contributed by atoms with Gasteiger partial charge in [-0.05, 0) is 55.8 Å². The molecule has 170 valence electrons. The van der Waals surface area contributed by atoms with Crippen molar-refractivity contribution in [2.45, 2.75) is 88.5 Å². The Labute approximate surface area is 192 Å². The van der Waals surface area contributed by atoms with Crippen molar-refractivity contribution in [2.75, 3.05) is 0 Å². The van der Waals surface area contributed by atoms with Crippen LogP contribution in [0.25, 0.3) is 32.3 Å². The summed E-state index contributed by atoms with van der Waals surface area (Å²) in [7, 11) is 0. The first-order valence-corrected chi connectivity index (χ1v) is 12.3. The minimum absolute atomic E-state index is 0.147. The molecule has 0 saturated heterocycles. The first-order chi connectivity index (χ1) is 15.0. The molecule has 4 aromatic rings. The van der Waals surface area contributed by atoms with Crippen LogP contribution in [0.2, 0.25) is 0 Å². The molecule has 0 nitrogen and oxygen atoms in total. The summed E-state index contributed by atoms with van der Waals surface area (Å²) in [5.74, 6) is 0. The summed E-state index contributed by atoms with van der Waals surface area (Å²) in [4.78, 5) is 0. The van der Waals surface area contributed by atoms with Crippen LogP contribution in [0.5, 0.6) is 0 Å². The second kappa shape index (κ2) is 13.9. The highest BCUT2D eigenvalue weighted by molar-refractivity contribution is 6.17. The van der Waals surface area contributed by atoms with E-state index in [1.807, 2.05) is 55.4 Å². The Morgan fingerprint density at radius 1 is 0.452 bits per heavy atom. The first-order valence-electron chi connectivity index (χ1n) is 12.3. The monoisotopic (exact) mass is 418 g/mol. The maximum Gasteiger partial charge on any atom is -0.00989 e. The first kappa shape index (κ1) is 28.7. The van der Waals surface area contributed by atoms with Crippen LogP contribution in [0.15, 0.2) is 60.7 Å². The summed E-state index contributed by atoms with van der Waals surface area (Å²) in [5, 5.41) is 8.10. The average Bonchev–Trinajstić information content (AvgIpc) is 2.82. The number of aryl methyl sites for hydroxylation is 1. The molecule has 0 heteroatoms. The Morgan fingerprint density at radius 2 is 0.871 bits per heavy atom. The van der Waals surface area contributed by atoms with E-state index in [-0.39, 0.29) is 5.41 Å². The zero-order valence-electron chi connectivity index (χ0n) is 22.3. The van der Waals surface area contributed by atoms with Crippen molar-refractivity contribution < 1.29 is 0 Å². The van der Waals surface area contributed by atoms with E-state index >= 15 is 0 Å². The SMILES string of the molecule is CC.CC.CC.CC.Cc1ccc2c(ccc3c4ccccc4ccc23)c1C(C)(C)C. The van der Waals surface area contributed by atoms with Crippen LogP contribution in [-0.4, -0.2) is 0 Å². The van der Waals surface area contributed by atoms with E-state index < -0.39 is 0 Å². The molecule has 0 radical (unpaired) electrons. The van der Waals surface area contributed by atoms with Crippen LogP contribution in [0.1, 0.15) is 87.3 Å². The van der Waals surface area contributed by atoms with Gasteiger partial charge in [-0.25, -0.2) is 0 Å². The zero-order chi connectivity index (χ0) is 24.2. The molecule has 4 aromatic carbocycles. The van der Waals surface area contributed by atoms with E-state index in [4.69, 9.17) is 0 Å². The number of rotatable bonds is 0. The Kier molecular flexibility index (Phi) is 12.8. The van der Waals surface area contributed by atoms with Gasteiger partial charge in [0, 0.05) is 0 Å². The molecule has 0 atom stereocenters. The highest BCUT2D eigenvalue weighted by Crippen LogP contribution is 2.37. The van der Waals surface area contributed by atoms with Gasteiger partial charge in [0.25, 0.3) is 0 Å². The van der Waals surface area contributed by atoms with Crippen LogP contribution in [0.3, 0.4) is 0 Å². The summed E-state index contributed by atoms with van der Waals surface area (Å²) in [6.07, 6.45) is 0. The summed E-state index contributed by atoms with van der Waals surface area (Å²) in [6.45, 7) is 25.1. The predicted molar refractivity (Wildman–Crippen MR) is 148 cm³/mol. The standard InChI is InChI=1S/C23H22.4C2H6/c1-15-9-11-20-19-12-10-16-7-5-6-8-17(16)18(19)13-14-21(20)22(15)23(2,3)4;4*1-2/h5-14H,1-4H3;4*1-2H3. The smallest absolute Gasteiger partial charge is 0.00989 e. The molecule has 0 amide bonds. The average molecular weight is 419 g/mol. The lowest BCUT2D eigenvalue weighted by Crippen LogP contribution is -2.13. The quantitative estimate of drug-likeness (QED) is 0.249. The van der Waals surface area contributed by atoms with E-state index in [9.17, 15) is 0 Å². The van der Waals surface area contributed by atoms with Gasteiger partial charge >= 0.3 is 0 Å². The number of benzene rings is 4. The van der Waals surface area contributed by atoms with Gasteiger partial charge in [-0.2, -0.15) is 0 Å². The van der Waals surface area contributed by atoms with E-state index in [0.29, 0.717) is 0 Å². The Hall–Kier alpha value is -2.34. The summed E-state index contributed by atoms with van der Waals surface area (Å²) < 4.78 is 0. The number of fused-ring (bicyclic) bond motifs is 5. The Morgan fingerprint density at radius 3 is 1.45 bits per heavy atom. The van der Waals surface area contributed by atoms with Crippen molar-refractivity contribution in [3.05, 3.63) is 71.8 Å². The summed E-state index contributed by atoms with van der Waals surface area (Å²) in [5.41, 5.74) is 2.99. The Bertz CT molecular complexity index is 1050. The van der Waals surface area contributed by atoms with Crippen molar-refractivity contribution in [1.82, 2.24) is 0 Å². The third-order valence-corrected chi connectivity index (χ3v) is 4.88. The number of hydrogen-bond acceptors (Lipinski definition) is 0. The van der Waals surface area contributed by atoms with E-state index in [0.717, 1.165) is 0 Å². The second-order valence-electron chi connectivity index (χ2n) is 7.55. The molecule has 0 saturated carbocycles. The molecule has 0 spiro atoms. The zero-order valence-corrected chi connectivity index (χ0v) is 22.3. The molecular weight excluding hydrogens is 372 g/mol. The van der Waals surface area contributed by atoms with Crippen LogP contribution >= 0.6 is 0 Å². The van der Waals surface area contributed by atoms with Crippen LogP contribution in [0.4, 0.5) is 0 Å². The van der Waals surface area contributed by atoms with Gasteiger partial charge in [-0.1, -0.05) is 137 Å². The van der Waals surface area contributed by atoms with Crippen molar-refractivity contribution in [3.63, 3.8) is 0 Å². The molecule has 0 aliphatic carbocycles. The molecule has 0 N–H and O–H groups in total. The van der Waals surface area contributed by atoms with Gasteiger partial charge in [0.1, 0.15) is 0 Å². The fourth-order valence-corrected chi connectivity index (χ4v) is 4.01. The third-order valence-electron chi connectivity index (χ3n) is 4.88. The molecule has 0 aliphatic rings. The van der Waals surface area contributed by atoms with Crippen LogP contribution < -0.4 is 0 Å². The third kappa shape index (κ3) is 6.33. The van der Waals surface area contributed by atoms with Crippen molar-refractivity contribution in [2.24, 2.45) is 0 Å². The topological polar surface area (TPSA) is 0 Å². The molecule has 0 heterocycles. The normalized spacial score (nSPS) is 9.94. The minimum atomic E-state index is 0.147. The maximum atomic E-state index is 2.32. The van der Waals surface area contributed by atoms with Gasteiger partial charge in [-0.15, -0.1) is 0 Å².